The van der Waals surface area contributed by atoms with Gasteiger partial charge in [0.05, 0.1) is 0 Å². The number of rotatable bonds is 8. The fourth-order valence-corrected chi connectivity index (χ4v) is 4.19. The first-order chi connectivity index (χ1) is 15.2. The van der Waals surface area contributed by atoms with Gasteiger partial charge in [0.2, 0.25) is 0 Å². The van der Waals surface area contributed by atoms with E-state index in [0.29, 0.717) is 12.0 Å². The molecule has 3 aromatic carbocycles. The summed E-state index contributed by atoms with van der Waals surface area (Å²) >= 11 is 0. The second-order valence-electron chi connectivity index (χ2n) is 8.15. The lowest BCUT2D eigenvalue weighted by molar-refractivity contribution is 0.128. The van der Waals surface area contributed by atoms with Crippen molar-refractivity contribution < 1.29 is 9.47 Å². The van der Waals surface area contributed by atoms with Crippen LogP contribution in [-0.4, -0.2) is 31.1 Å². The minimum Gasteiger partial charge on any atom is -0.453 e. The number of ether oxygens (including phenoxy) is 2. The molecule has 1 aliphatic heterocycles. The normalized spacial score (nSPS) is 16.5. The van der Waals surface area contributed by atoms with Crippen molar-refractivity contribution in [2.45, 2.75) is 26.3 Å². The van der Waals surface area contributed by atoms with E-state index in [-0.39, 0.29) is 0 Å². The van der Waals surface area contributed by atoms with Crippen molar-refractivity contribution in [1.29, 1.82) is 0 Å². The zero-order valence-corrected chi connectivity index (χ0v) is 18.5. The second-order valence-corrected chi connectivity index (χ2v) is 8.15. The lowest BCUT2D eigenvalue weighted by atomic mass is 9.90. The van der Waals surface area contributed by atoms with Crippen LogP contribution in [0.4, 0.5) is 0 Å². The van der Waals surface area contributed by atoms with Gasteiger partial charge < -0.3 is 14.8 Å². The van der Waals surface area contributed by atoms with Gasteiger partial charge in [-0.15, -0.1) is 0 Å². The van der Waals surface area contributed by atoms with Crippen LogP contribution in [0.15, 0.2) is 78.9 Å². The van der Waals surface area contributed by atoms with Gasteiger partial charge in [-0.2, -0.15) is 0 Å². The molecule has 1 aliphatic rings. The minimum absolute atomic E-state index is 0.357. The topological polar surface area (TPSA) is 33.7 Å². The Kier molecular flexibility index (Phi) is 7.23. The van der Waals surface area contributed by atoms with E-state index < -0.39 is 0 Å². The van der Waals surface area contributed by atoms with Gasteiger partial charge in [-0.05, 0) is 47.9 Å². The van der Waals surface area contributed by atoms with Gasteiger partial charge in [-0.1, -0.05) is 62.7 Å². The molecule has 162 valence electrons. The third-order valence-electron chi connectivity index (χ3n) is 5.98. The average Bonchev–Trinajstić information content (AvgIpc) is 2.83. The van der Waals surface area contributed by atoms with Crippen LogP contribution >= 0.6 is 0 Å². The van der Waals surface area contributed by atoms with Crippen molar-refractivity contribution in [2.24, 2.45) is 5.92 Å². The summed E-state index contributed by atoms with van der Waals surface area (Å²) in [7, 11) is 0. The second kappa shape index (κ2) is 10.5. The first-order valence-electron chi connectivity index (χ1n) is 11.3. The quantitative estimate of drug-likeness (QED) is 0.470. The maximum absolute atomic E-state index is 6.32. The SMILES string of the molecule is CCC(C)[C@H](c1ccc(Oc2ccccc2)c(Oc2ccccc2)c1)N1CCNCC1. The highest BCUT2D eigenvalue weighted by Gasteiger charge is 2.27. The molecule has 0 bridgehead atoms. The summed E-state index contributed by atoms with van der Waals surface area (Å²) < 4.78 is 12.5. The highest BCUT2D eigenvalue weighted by Crippen LogP contribution is 2.40. The molecule has 4 rings (SSSR count). The summed E-state index contributed by atoms with van der Waals surface area (Å²) in [6.07, 6.45) is 1.13. The summed E-state index contributed by atoms with van der Waals surface area (Å²) in [5.41, 5.74) is 1.28. The zero-order chi connectivity index (χ0) is 21.5. The molecule has 0 radical (unpaired) electrons. The molecule has 2 atom stereocenters. The van der Waals surface area contributed by atoms with Crippen molar-refractivity contribution in [1.82, 2.24) is 10.2 Å². The monoisotopic (exact) mass is 416 g/mol. The molecule has 4 heteroatoms. The number of benzene rings is 3. The zero-order valence-electron chi connectivity index (χ0n) is 18.5. The van der Waals surface area contributed by atoms with Crippen LogP contribution in [-0.2, 0) is 0 Å². The van der Waals surface area contributed by atoms with Crippen LogP contribution in [0.3, 0.4) is 0 Å². The van der Waals surface area contributed by atoms with E-state index in [1.165, 1.54) is 5.56 Å². The maximum Gasteiger partial charge on any atom is 0.170 e. The molecule has 1 fully saturated rings. The van der Waals surface area contributed by atoms with Crippen molar-refractivity contribution in [2.75, 3.05) is 26.2 Å². The lowest BCUT2D eigenvalue weighted by Crippen LogP contribution is -2.46. The smallest absolute Gasteiger partial charge is 0.170 e. The Morgan fingerprint density at radius 3 is 1.97 bits per heavy atom. The van der Waals surface area contributed by atoms with Crippen molar-refractivity contribution in [3.63, 3.8) is 0 Å². The molecule has 1 saturated heterocycles. The summed E-state index contributed by atoms with van der Waals surface area (Å²) in [6, 6.07) is 26.6. The highest BCUT2D eigenvalue weighted by molar-refractivity contribution is 5.48. The Morgan fingerprint density at radius 2 is 1.39 bits per heavy atom. The Morgan fingerprint density at radius 1 is 0.806 bits per heavy atom. The Balaban J connectivity index is 1.69. The Labute approximate surface area is 185 Å². The van der Waals surface area contributed by atoms with Gasteiger partial charge in [-0.25, -0.2) is 0 Å². The molecular formula is C27H32N2O2. The molecule has 1 heterocycles. The van der Waals surface area contributed by atoms with Gasteiger partial charge in [-0.3, -0.25) is 4.90 Å². The Hall–Kier alpha value is -2.82. The fraction of sp³-hybridized carbons (Fsp3) is 0.333. The third kappa shape index (κ3) is 5.46. The molecule has 0 spiro atoms. The van der Waals surface area contributed by atoms with E-state index in [1.54, 1.807) is 0 Å². The van der Waals surface area contributed by atoms with Gasteiger partial charge in [0.15, 0.2) is 11.5 Å². The molecule has 3 aromatic rings. The predicted octanol–water partition coefficient (Wildman–Crippen LogP) is 6.26. The average molecular weight is 417 g/mol. The number of hydrogen-bond donors (Lipinski definition) is 1. The van der Waals surface area contributed by atoms with E-state index in [9.17, 15) is 0 Å². The molecule has 1 N–H and O–H groups in total. The third-order valence-corrected chi connectivity index (χ3v) is 5.98. The Bertz CT molecular complexity index is 940. The van der Waals surface area contributed by atoms with E-state index in [2.05, 4.69) is 42.3 Å². The molecular weight excluding hydrogens is 384 g/mol. The van der Waals surface area contributed by atoms with Crippen LogP contribution in [0, 0.1) is 5.92 Å². The van der Waals surface area contributed by atoms with Crippen LogP contribution in [0.1, 0.15) is 31.9 Å². The number of hydrogen-bond acceptors (Lipinski definition) is 4. The van der Waals surface area contributed by atoms with Gasteiger partial charge >= 0.3 is 0 Å². The standard InChI is InChI=1S/C27H32N2O2/c1-3-21(2)27(29-18-16-28-17-19-29)22-14-15-25(30-23-10-6-4-7-11-23)26(20-22)31-24-12-8-5-9-13-24/h4-15,20-21,27-28H,3,16-19H2,1-2H3/t21?,27-/m1/s1. The van der Waals surface area contributed by atoms with E-state index in [1.807, 2.05) is 60.7 Å². The van der Waals surface area contributed by atoms with Gasteiger partial charge in [0.25, 0.3) is 0 Å². The highest BCUT2D eigenvalue weighted by atomic mass is 16.5. The number of para-hydroxylation sites is 2. The van der Waals surface area contributed by atoms with Crippen molar-refractivity contribution >= 4 is 0 Å². The fourth-order valence-electron chi connectivity index (χ4n) is 4.19. The van der Waals surface area contributed by atoms with Crippen LogP contribution < -0.4 is 14.8 Å². The molecule has 0 saturated carbocycles. The van der Waals surface area contributed by atoms with E-state index >= 15 is 0 Å². The first kappa shape index (κ1) is 21.4. The predicted molar refractivity (Wildman–Crippen MR) is 126 cm³/mol. The molecule has 31 heavy (non-hydrogen) atoms. The van der Waals surface area contributed by atoms with Crippen molar-refractivity contribution in [3.8, 4) is 23.0 Å². The molecule has 0 aliphatic carbocycles. The molecule has 0 amide bonds. The first-order valence-corrected chi connectivity index (χ1v) is 11.3. The number of piperazine rings is 1. The van der Waals surface area contributed by atoms with Crippen LogP contribution in [0.5, 0.6) is 23.0 Å². The van der Waals surface area contributed by atoms with Crippen molar-refractivity contribution in [3.05, 3.63) is 84.4 Å². The molecule has 1 unspecified atom stereocenters. The summed E-state index contributed by atoms with van der Waals surface area (Å²) in [5.74, 6) is 3.62. The summed E-state index contributed by atoms with van der Waals surface area (Å²) in [5, 5.41) is 3.47. The van der Waals surface area contributed by atoms with E-state index in [0.717, 1.165) is 55.6 Å². The lowest BCUT2D eigenvalue weighted by Gasteiger charge is -2.38. The van der Waals surface area contributed by atoms with Gasteiger partial charge in [0.1, 0.15) is 11.5 Å². The van der Waals surface area contributed by atoms with E-state index in [4.69, 9.17) is 9.47 Å². The van der Waals surface area contributed by atoms with Crippen LogP contribution in [0.25, 0.3) is 0 Å². The molecule has 4 nitrogen and oxygen atoms in total. The molecule has 0 aromatic heterocycles. The van der Waals surface area contributed by atoms with Gasteiger partial charge in [0, 0.05) is 32.2 Å². The van der Waals surface area contributed by atoms with Crippen LogP contribution in [0.2, 0.25) is 0 Å². The summed E-state index contributed by atoms with van der Waals surface area (Å²) in [6.45, 7) is 8.82. The number of nitrogens with one attached hydrogen (secondary N) is 1. The largest absolute Gasteiger partial charge is 0.453 e. The minimum atomic E-state index is 0.357. The summed E-state index contributed by atoms with van der Waals surface area (Å²) in [4.78, 5) is 2.60. The number of nitrogens with zero attached hydrogens (tertiary/aromatic N) is 1. The maximum atomic E-state index is 6.32.